The van der Waals surface area contributed by atoms with Gasteiger partial charge in [-0.05, 0) is 17.7 Å². The van der Waals surface area contributed by atoms with Gasteiger partial charge in [0, 0.05) is 12.5 Å². The molecule has 0 aliphatic rings. The van der Waals surface area contributed by atoms with Crippen LogP contribution >= 0.6 is 0 Å². The van der Waals surface area contributed by atoms with E-state index in [1.54, 1.807) is 0 Å². The molecule has 0 bridgehead atoms. The van der Waals surface area contributed by atoms with Crippen molar-refractivity contribution < 1.29 is 40.6 Å². The molecule has 0 aromatic heterocycles. The van der Waals surface area contributed by atoms with E-state index in [1.165, 1.54) is 0 Å². The molecule has 0 aliphatic heterocycles. The number of ether oxygens (including phenoxy) is 2. The lowest BCUT2D eigenvalue weighted by Gasteiger charge is -2.13. The van der Waals surface area contributed by atoms with E-state index in [0.717, 1.165) is 12.1 Å². The Morgan fingerprint density at radius 1 is 0.895 bits per heavy atom. The second-order valence-corrected chi connectivity index (χ2v) is 3.28. The highest BCUT2D eigenvalue weighted by Gasteiger charge is 2.33. The smallest absolute Gasteiger partial charge is 0.406 e. The molecule has 0 saturated carbocycles. The van der Waals surface area contributed by atoms with Crippen LogP contribution in [0.4, 0.5) is 26.3 Å². The Kier molecular flexibility index (Phi) is 4.28. The molecule has 3 nitrogen and oxygen atoms in total. The van der Waals surface area contributed by atoms with Gasteiger partial charge in [0.1, 0.15) is 17.8 Å². The lowest BCUT2D eigenvalue weighted by atomic mass is 10.1. The largest absolute Gasteiger partial charge is 0.573 e. The highest BCUT2D eigenvalue weighted by Crippen LogP contribution is 2.31. The number of hydrogen-bond acceptors (Lipinski definition) is 3. The van der Waals surface area contributed by atoms with Crippen LogP contribution in [0.15, 0.2) is 18.2 Å². The minimum absolute atomic E-state index is 0.101. The van der Waals surface area contributed by atoms with Crippen LogP contribution in [0.3, 0.4) is 0 Å². The standard InChI is InChI=1S/C10H6F6O3/c11-9(12,13)18-7-3-6(1-2-17)4-8(5-7)19-10(14,15)16/h2-5H,1H2. The summed E-state index contributed by atoms with van der Waals surface area (Å²) in [6.07, 6.45) is -10.2. The Labute approximate surface area is 102 Å². The van der Waals surface area contributed by atoms with Crippen LogP contribution in [0.2, 0.25) is 0 Å². The minimum Gasteiger partial charge on any atom is -0.406 e. The van der Waals surface area contributed by atoms with E-state index in [-0.39, 0.29) is 12.0 Å². The molecule has 0 atom stereocenters. The molecule has 19 heavy (non-hydrogen) atoms. The van der Waals surface area contributed by atoms with Gasteiger partial charge in [0.2, 0.25) is 0 Å². The molecule has 1 aromatic carbocycles. The predicted molar refractivity (Wildman–Crippen MR) is 49.6 cm³/mol. The second-order valence-electron chi connectivity index (χ2n) is 3.28. The van der Waals surface area contributed by atoms with Crippen molar-refractivity contribution in [2.75, 3.05) is 0 Å². The Bertz CT molecular complexity index is 417. The molecule has 0 aliphatic carbocycles. The molecule has 0 radical (unpaired) electrons. The van der Waals surface area contributed by atoms with Crippen molar-refractivity contribution in [3.8, 4) is 11.5 Å². The monoisotopic (exact) mass is 288 g/mol. The van der Waals surface area contributed by atoms with Gasteiger partial charge in [-0.25, -0.2) is 0 Å². The van der Waals surface area contributed by atoms with Crippen molar-refractivity contribution >= 4 is 6.29 Å². The van der Waals surface area contributed by atoms with Gasteiger partial charge in [0.25, 0.3) is 0 Å². The lowest BCUT2D eigenvalue weighted by Crippen LogP contribution is -2.19. The maximum atomic E-state index is 12.0. The second kappa shape index (κ2) is 5.37. The molecule has 9 heteroatoms. The first-order chi connectivity index (χ1) is 8.59. The van der Waals surface area contributed by atoms with Crippen LogP contribution in [-0.4, -0.2) is 19.0 Å². The summed E-state index contributed by atoms with van der Waals surface area (Å²) in [7, 11) is 0. The summed E-state index contributed by atoms with van der Waals surface area (Å²) in [5.41, 5.74) is -0.101. The first kappa shape index (κ1) is 15.1. The van der Waals surface area contributed by atoms with Crippen molar-refractivity contribution in [3.05, 3.63) is 23.8 Å². The Hall–Kier alpha value is -1.93. The first-order valence-corrected chi connectivity index (χ1v) is 4.68. The Morgan fingerprint density at radius 2 is 1.32 bits per heavy atom. The summed E-state index contributed by atoms with van der Waals surface area (Å²) in [5, 5.41) is 0. The molecule has 106 valence electrons. The highest BCUT2D eigenvalue weighted by atomic mass is 19.4. The Balaban J connectivity index is 3.06. The fourth-order valence-electron chi connectivity index (χ4n) is 1.23. The summed E-state index contributed by atoms with van der Waals surface area (Å²) in [6, 6.07) is 2.02. The van der Waals surface area contributed by atoms with Gasteiger partial charge in [-0.1, -0.05) is 0 Å². The highest BCUT2D eigenvalue weighted by molar-refractivity contribution is 5.56. The molecular weight excluding hydrogens is 282 g/mol. The fraction of sp³-hybridized carbons (Fsp3) is 0.300. The average molecular weight is 288 g/mol. The number of rotatable bonds is 4. The van der Waals surface area contributed by atoms with Gasteiger partial charge >= 0.3 is 12.7 Å². The number of carbonyl (C=O) groups is 1. The predicted octanol–water partition coefficient (Wildman–Crippen LogP) is 3.23. The maximum absolute atomic E-state index is 12.0. The molecule has 0 N–H and O–H groups in total. The van der Waals surface area contributed by atoms with E-state index >= 15 is 0 Å². The van der Waals surface area contributed by atoms with Crippen LogP contribution in [0.25, 0.3) is 0 Å². The van der Waals surface area contributed by atoms with Gasteiger partial charge < -0.3 is 14.3 Å². The van der Waals surface area contributed by atoms with Gasteiger partial charge in [-0.15, -0.1) is 26.3 Å². The SMILES string of the molecule is O=CCc1cc(OC(F)(F)F)cc(OC(F)(F)F)c1. The molecule has 1 aromatic rings. The third-order valence-electron chi connectivity index (χ3n) is 1.73. The van der Waals surface area contributed by atoms with Crippen molar-refractivity contribution in [2.45, 2.75) is 19.1 Å². The van der Waals surface area contributed by atoms with Crippen LogP contribution in [0.1, 0.15) is 5.56 Å². The van der Waals surface area contributed by atoms with Crippen LogP contribution < -0.4 is 9.47 Å². The summed E-state index contributed by atoms with van der Waals surface area (Å²) in [6.45, 7) is 0. The van der Waals surface area contributed by atoms with Crippen LogP contribution in [0.5, 0.6) is 11.5 Å². The fourth-order valence-corrected chi connectivity index (χ4v) is 1.23. The molecule has 0 amide bonds. The number of halogens is 6. The topological polar surface area (TPSA) is 35.5 Å². The summed E-state index contributed by atoms with van der Waals surface area (Å²) in [5.74, 6) is -1.79. The number of hydrogen-bond donors (Lipinski definition) is 0. The molecule has 0 spiro atoms. The normalized spacial score (nSPS) is 12.1. The van der Waals surface area contributed by atoms with Gasteiger partial charge in [-0.2, -0.15) is 0 Å². The number of aldehydes is 1. The zero-order valence-electron chi connectivity index (χ0n) is 9.01. The third-order valence-corrected chi connectivity index (χ3v) is 1.73. The van der Waals surface area contributed by atoms with E-state index < -0.39 is 24.2 Å². The van der Waals surface area contributed by atoms with Crippen LogP contribution in [-0.2, 0) is 11.2 Å². The Morgan fingerprint density at radius 3 is 1.63 bits per heavy atom. The van der Waals surface area contributed by atoms with E-state index in [9.17, 15) is 31.1 Å². The lowest BCUT2D eigenvalue weighted by molar-refractivity contribution is -0.276. The molecule has 0 heterocycles. The number of carbonyl (C=O) groups excluding carboxylic acids is 1. The molecule has 1 rings (SSSR count). The van der Waals surface area contributed by atoms with Gasteiger partial charge in [0.05, 0.1) is 0 Å². The zero-order valence-corrected chi connectivity index (χ0v) is 9.01. The van der Waals surface area contributed by atoms with Crippen molar-refractivity contribution in [1.29, 1.82) is 0 Å². The molecule has 0 fully saturated rings. The first-order valence-electron chi connectivity index (χ1n) is 4.68. The van der Waals surface area contributed by atoms with E-state index in [2.05, 4.69) is 9.47 Å². The van der Waals surface area contributed by atoms with Crippen LogP contribution in [0, 0.1) is 0 Å². The summed E-state index contributed by atoms with van der Waals surface area (Å²) < 4.78 is 78.8. The quantitative estimate of drug-likeness (QED) is 0.630. The number of benzene rings is 1. The third kappa shape index (κ3) is 5.98. The maximum Gasteiger partial charge on any atom is 0.573 e. The number of alkyl halides is 6. The molecule has 0 unspecified atom stereocenters. The van der Waals surface area contributed by atoms with E-state index in [1.807, 2.05) is 0 Å². The van der Waals surface area contributed by atoms with E-state index in [0.29, 0.717) is 12.4 Å². The molecule has 0 saturated heterocycles. The zero-order chi connectivity index (χ0) is 14.7. The van der Waals surface area contributed by atoms with Crippen molar-refractivity contribution in [1.82, 2.24) is 0 Å². The molecular formula is C10H6F6O3. The van der Waals surface area contributed by atoms with Gasteiger partial charge in [-0.3, -0.25) is 0 Å². The van der Waals surface area contributed by atoms with E-state index in [4.69, 9.17) is 0 Å². The average Bonchev–Trinajstić information content (AvgIpc) is 2.11. The van der Waals surface area contributed by atoms with Crippen molar-refractivity contribution in [3.63, 3.8) is 0 Å². The summed E-state index contributed by atoms with van der Waals surface area (Å²) >= 11 is 0. The van der Waals surface area contributed by atoms with Gasteiger partial charge in [0.15, 0.2) is 0 Å². The summed E-state index contributed by atoms with van der Waals surface area (Å²) in [4.78, 5) is 10.2. The van der Waals surface area contributed by atoms with Crippen molar-refractivity contribution in [2.24, 2.45) is 0 Å². The minimum atomic E-state index is -5.06.